The predicted octanol–water partition coefficient (Wildman–Crippen LogP) is 3.11. The maximum atomic E-state index is 12.9. The smallest absolute Gasteiger partial charge is 0.277 e. The van der Waals surface area contributed by atoms with E-state index in [0.717, 1.165) is 28.6 Å². The maximum Gasteiger partial charge on any atom is 0.277 e. The molecule has 174 valence electrons. The van der Waals surface area contributed by atoms with Crippen LogP contribution in [0.5, 0.6) is 0 Å². The van der Waals surface area contributed by atoms with Gasteiger partial charge in [-0.25, -0.2) is 8.42 Å². The summed E-state index contributed by atoms with van der Waals surface area (Å²) in [6.07, 6.45) is 0. The van der Waals surface area contributed by atoms with Crippen LogP contribution < -0.4 is 5.32 Å². The Kier molecular flexibility index (Phi) is 7.13. The molecular formula is C22H24N4O5S2. The molecule has 1 N–H and O–H groups in total. The number of hydrogen-bond acceptors (Lipinski definition) is 8. The highest BCUT2D eigenvalue weighted by atomic mass is 32.2. The molecule has 1 aliphatic rings. The molecule has 0 atom stereocenters. The summed E-state index contributed by atoms with van der Waals surface area (Å²) in [4.78, 5) is 12.4. The minimum absolute atomic E-state index is 0.0973. The summed E-state index contributed by atoms with van der Waals surface area (Å²) in [7, 11) is -3.64. The van der Waals surface area contributed by atoms with Crippen LogP contribution in [0, 0.1) is 13.8 Å². The molecule has 2 heterocycles. The van der Waals surface area contributed by atoms with Crippen LogP contribution in [0.4, 0.5) is 5.69 Å². The number of thioether (sulfide) groups is 1. The molecule has 0 bridgehead atoms. The van der Waals surface area contributed by atoms with Crippen molar-refractivity contribution in [3.8, 4) is 11.5 Å². The molecule has 1 aromatic heterocycles. The van der Waals surface area contributed by atoms with Gasteiger partial charge in [0.05, 0.1) is 23.9 Å². The minimum atomic E-state index is -3.64. The third-order valence-corrected chi connectivity index (χ3v) is 7.64. The SMILES string of the molecule is Cc1cc(C)cc(NC(=O)CSc2nnc(-c3cccc(S(=O)(=O)N4CCOCC4)c3)o2)c1. The van der Waals surface area contributed by atoms with Crippen LogP contribution in [0.3, 0.4) is 0 Å². The van der Waals surface area contributed by atoms with Gasteiger partial charge in [-0.2, -0.15) is 4.31 Å². The molecule has 0 unspecified atom stereocenters. The Morgan fingerprint density at radius 2 is 1.82 bits per heavy atom. The Bertz CT molecular complexity index is 1230. The van der Waals surface area contributed by atoms with Crippen molar-refractivity contribution >= 4 is 33.4 Å². The van der Waals surface area contributed by atoms with Crippen molar-refractivity contribution in [2.45, 2.75) is 24.0 Å². The third kappa shape index (κ3) is 5.80. The second-order valence-corrected chi connectivity index (χ2v) is 10.5. The zero-order chi connectivity index (χ0) is 23.4. The van der Waals surface area contributed by atoms with Crippen LogP contribution in [0.1, 0.15) is 11.1 Å². The van der Waals surface area contributed by atoms with Crippen LogP contribution >= 0.6 is 11.8 Å². The molecule has 3 aromatic rings. The van der Waals surface area contributed by atoms with E-state index in [1.165, 1.54) is 16.4 Å². The number of ether oxygens (including phenoxy) is 1. The van der Waals surface area contributed by atoms with Crippen molar-refractivity contribution < 1.29 is 22.4 Å². The van der Waals surface area contributed by atoms with E-state index in [1.807, 2.05) is 32.0 Å². The Morgan fingerprint density at radius 3 is 2.55 bits per heavy atom. The molecule has 1 saturated heterocycles. The number of carbonyl (C=O) groups is 1. The first-order valence-corrected chi connectivity index (χ1v) is 12.8. The summed E-state index contributed by atoms with van der Waals surface area (Å²) >= 11 is 1.11. The normalized spacial score (nSPS) is 14.8. The molecule has 0 spiro atoms. The number of aryl methyl sites for hydroxylation is 2. The number of hydrogen-bond donors (Lipinski definition) is 1. The topological polar surface area (TPSA) is 115 Å². The lowest BCUT2D eigenvalue weighted by Crippen LogP contribution is -2.40. The molecule has 2 aromatic carbocycles. The Morgan fingerprint density at radius 1 is 1.09 bits per heavy atom. The van der Waals surface area contributed by atoms with Crippen molar-refractivity contribution in [3.05, 3.63) is 53.6 Å². The molecule has 0 aliphatic carbocycles. The predicted molar refractivity (Wildman–Crippen MR) is 125 cm³/mol. The van der Waals surface area contributed by atoms with E-state index in [4.69, 9.17) is 9.15 Å². The highest BCUT2D eigenvalue weighted by molar-refractivity contribution is 7.99. The van der Waals surface area contributed by atoms with E-state index in [-0.39, 0.29) is 27.7 Å². The number of amides is 1. The monoisotopic (exact) mass is 488 g/mol. The van der Waals surface area contributed by atoms with E-state index >= 15 is 0 Å². The van der Waals surface area contributed by atoms with E-state index < -0.39 is 10.0 Å². The number of benzene rings is 2. The largest absolute Gasteiger partial charge is 0.411 e. The van der Waals surface area contributed by atoms with Gasteiger partial charge >= 0.3 is 0 Å². The lowest BCUT2D eigenvalue weighted by Gasteiger charge is -2.26. The molecule has 4 rings (SSSR count). The summed E-state index contributed by atoms with van der Waals surface area (Å²) < 4.78 is 38.1. The van der Waals surface area contributed by atoms with Gasteiger partial charge < -0.3 is 14.5 Å². The van der Waals surface area contributed by atoms with Crippen LogP contribution in [0.2, 0.25) is 0 Å². The summed E-state index contributed by atoms with van der Waals surface area (Å²) in [5.41, 5.74) is 3.36. The van der Waals surface area contributed by atoms with Crippen LogP contribution in [-0.4, -0.2) is 60.9 Å². The Labute approximate surface area is 196 Å². The highest BCUT2D eigenvalue weighted by Crippen LogP contribution is 2.26. The Hall–Kier alpha value is -2.73. The van der Waals surface area contributed by atoms with Gasteiger partial charge in [-0.15, -0.1) is 10.2 Å². The molecule has 1 aliphatic heterocycles. The molecule has 0 radical (unpaired) electrons. The van der Waals surface area contributed by atoms with Crippen LogP contribution in [0.15, 0.2) is 57.0 Å². The fraction of sp³-hybridized carbons (Fsp3) is 0.318. The molecule has 9 nitrogen and oxygen atoms in total. The second-order valence-electron chi connectivity index (χ2n) is 7.63. The van der Waals surface area contributed by atoms with Crippen LogP contribution in [-0.2, 0) is 19.6 Å². The van der Waals surface area contributed by atoms with Gasteiger partial charge in [-0.1, -0.05) is 23.9 Å². The van der Waals surface area contributed by atoms with Gasteiger partial charge in [0.1, 0.15) is 0 Å². The molecule has 0 saturated carbocycles. The van der Waals surface area contributed by atoms with E-state index in [1.54, 1.807) is 12.1 Å². The summed E-state index contributed by atoms with van der Waals surface area (Å²) in [6.45, 7) is 5.33. The molecule has 11 heteroatoms. The lowest BCUT2D eigenvalue weighted by atomic mass is 10.1. The molecular weight excluding hydrogens is 464 g/mol. The van der Waals surface area contributed by atoms with Crippen LogP contribution in [0.25, 0.3) is 11.5 Å². The van der Waals surface area contributed by atoms with E-state index in [2.05, 4.69) is 15.5 Å². The average molecular weight is 489 g/mol. The number of carbonyl (C=O) groups excluding carboxylic acids is 1. The number of rotatable bonds is 7. The number of anilines is 1. The van der Waals surface area contributed by atoms with Crippen molar-refractivity contribution in [2.75, 3.05) is 37.4 Å². The first-order chi connectivity index (χ1) is 15.8. The molecule has 1 fully saturated rings. The van der Waals surface area contributed by atoms with Gasteiger partial charge in [0.15, 0.2) is 0 Å². The maximum absolute atomic E-state index is 12.9. The minimum Gasteiger partial charge on any atom is -0.411 e. The van der Waals surface area contributed by atoms with Gasteiger partial charge in [0, 0.05) is 24.3 Å². The molecule has 1 amide bonds. The zero-order valence-corrected chi connectivity index (χ0v) is 19.9. The first-order valence-electron chi connectivity index (χ1n) is 10.3. The fourth-order valence-corrected chi connectivity index (χ4v) is 5.50. The van der Waals surface area contributed by atoms with E-state index in [0.29, 0.717) is 31.9 Å². The molecule has 33 heavy (non-hydrogen) atoms. The number of nitrogens with one attached hydrogen (secondary N) is 1. The van der Waals surface area contributed by atoms with Crippen molar-refractivity contribution in [2.24, 2.45) is 0 Å². The lowest BCUT2D eigenvalue weighted by molar-refractivity contribution is -0.113. The number of sulfonamides is 1. The fourth-order valence-electron chi connectivity index (χ4n) is 3.48. The average Bonchev–Trinajstić information content (AvgIpc) is 3.27. The third-order valence-electron chi connectivity index (χ3n) is 4.93. The van der Waals surface area contributed by atoms with Crippen molar-refractivity contribution in [1.82, 2.24) is 14.5 Å². The number of aromatic nitrogens is 2. The summed E-state index contributed by atoms with van der Waals surface area (Å²) in [6, 6.07) is 12.2. The van der Waals surface area contributed by atoms with Gasteiger partial charge in [-0.05, 0) is 55.3 Å². The zero-order valence-electron chi connectivity index (χ0n) is 18.3. The van der Waals surface area contributed by atoms with Gasteiger partial charge in [0.25, 0.3) is 5.22 Å². The number of morpholine rings is 1. The summed E-state index contributed by atoms with van der Waals surface area (Å²) in [5, 5.41) is 11.1. The van der Waals surface area contributed by atoms with Crippen molar-refractivity contribution in [3.63, 3.8) is 0 Å². The highest BCUT2D eigenvalue weighted by Gasteiger charge is 2.27. The van der Waals surface area contributed by atoms with Gasteiger partial charge in [-0.3, -0.25) is 4.79 Å². The standard InChI is InChI=1S/C22H24N4O5S2/c1-15-10-16(2)12-18(11-15)23-20(27)14-32-22-25-24-21(31-22)17-4-3-5-19(13-17)33(28,29)26-6-8-30-9-7-26/h3-5,10-13H,6-9,14H2,1-2H3,(H,23,27). The Balaban J connectivity index is 1.41. The quantitative estimate of drug-likeness (QED) is 0.505. The first kappa shape index (κ1) is 23.4. The van der Waals surface area contributed by atoms with Gasteiger partial charge in [0.2, 0.25) is 21.8 Å². The van der Waals surface area contributed by atoms with Crippen molar-refractivity contribution in [1.29, 1.82) is 0 Å². The summed E-state index contributed by atoms with van der Waals surface area (Å²) in [5.74, 6) is 0.0923. The number of nitrogens with zero attached hydrogens (tertiary/aromatic N) is 3. The van der Waals surface area contributed by atoms with E-state index in [9.17, 15) is 13.2 Å². The second kappa shape index (κ2) is 10.0.